The minimum atomic E-state index is -3.01. The number of amides is 1. The highest BCUT2D eigenvalue weighted by atomic mass is 35.5. The minimum Gasteiger partial charge on any atom is -0.507 e. The average Bonchev–Trinajstić information content (AvgIpc) is 2.77. The van der Waals surface area contributed by atoms with Crippen LogP contribution in [0.15, 0.2) is 12.1 Å². The standard InChI is InChI=1S/C23H25ClN2O8/c1-4-26(3)16-15-18(29)11-7(2)10-8(24)5-6-9(27)12(10)17(28)13(11)20(31)23(15,34)21(32)14(19(16)30)22(25)33/h5-7,11,13-16,18,27,29,34H,4H2,1-3H3,(H2,25,33). The van der Waals surface area contributed by atoms with Crippen molar-refractivity contribution in [2.24, 2.45) is 29.4 Å². The number of fused-ring (bicyclic) bond motifs is 3. The number of rotatable bonds is 3. The van der Waals surface area contributed by atoms with Gasteiger partial charge in [0.1, 0.15) is 5.75 Å². The summed E-state index contributed by atoms with van der Waals surface area (Å²) in [7, 11) is 1.49. The lowest BCUT2D eigenvalue weighted by atomic mass is 9.49. The predicted octanol–water partition coefficient (Wildman–Crippen LogP) is -0.558. The van der Waals surface area contributed by atoms with Crippen molar-refractivity contribution in [3.63, 3.8) is 0 Å². The van der Waals surface area contributed by atoms with Gasteiger partial charge in [0.15, 0.2) is 34.7 Å². The van der Waals surface area contributed by atoms with Gasteiger partial charge in [0.25, 0.3) is 0 Å². The number of nitrogens with zero attached hydrogens (tertiary/aromatic N) is 1. The highest BCUT2D eigenvalue weighted by molar-refractivity contribution is 6.34. The highest BCUT2D eigenvalue weighted by Gasteiger charge is 2.73. The Morgan fingerprint density at radius 3 is 2.38 bits per heavy atom. The van der Waals surface area contributed by atoms with Crippen molar-refractivity contribution in [3.05, 3.63) is 28.3 Å². The number of likely N-dealkylation sites (N-methyl/N-ethyl adjacent to an activating group) is 1. The molecule has 11 heteroatoms. The van der Waals surface area contributed by atoms with Crippen LogP contribution in [-0.2, 0) is 19.2 Å². The Balaban J connectivity index is 1.98. The van der Waals surface area contributed by atoms with Gasteiger partial charge in [0.05, 0.1) is 29.5 Å². The van der Waals surface area contributed by atoms with E-state index in [4.69, 9.17) is 17.3 Å². The van der Waals surface area contributed by atoms with Crippen molar-refractivity contribution in [3.8, 4) is 5.75 Å². The van der Waals surface area contributed by atoms with Crippen LogP contribution in [0.3, 0.4) is 0 Å². The number of aliphatic hydroxyl groups is 2. The number of ketones is 4. The number of carbonyl (C=O) groups excluding carboxylic acids is 5. The molecule has 1 aromatic rings. The zero-order valence-corrected chi connectivity index (χ0v) is 19.4. The van der Waals surface area contributed by atoms with Crippen molar-refractivity contribution >= 4 is 40.6 Å². The number of Topliss-reactive ketones (excluding diaryl/α,β-unsaturated/α-hetero) is 4. The number of phenolic OH excluding ortho intramolecular Hbond substituents is 1. The zero-order valence-electron chi connectivity index (χ0n) is 18.7. The van der Waals surface area contributed by atoms with Crippen molar-refractivity contribution in [2.45, 2.75) is 37.5 Å². The lowest BCUT2D eigenvalue weighted by molar-refractivity contribution is -0.197. The van der Waals surface area contributed by atoms with Crippen LogP contribution < -0.4 is 5.73 Å². The van der Waals surface area contributed by atoms with E-state index in [2.05, 4.69) is 0 Å². The first-order valence-corrected chi connectivity index (χ1v) is 11.3. The number of benzene rings is 1. The van der Waals surface area contributed by atoms with E-state index < -0.39 is 82.1 Å². The van der Waals surface area contributed by atoms with E-state index in [0.29, 0.717) is 0 Å². The number of carbonyl (C=O) groups is 5. The zero-order chi connectivity index (χ0) is 25.4. The second kappa shape index (κ2) is 7.94. The molecule has 8 unspecified atom stereocenters. The maximum Gasteiger partial charge on any atom is 0.235 e. The minimum absolute atomic E-state index is 0.138. The van der Waals surface area contributed by atoms with E-state index in [-0.39, 0.29) is 22.7 Å². The second-order valence-corrected chi connectivity index (χ2v) is 9.74. The summed E-state index contributed by atoms with van der Waals surface area (Å²) in [6, 6.07) is 1.17. The first kappa shape index (κ1) is 24.5. The van der Waals surface area contributed by atoms with Crippen LogP contribution in [0.1, 0.15) is 35.7 Å². The van der Waals surface area contributed by atoms with Gasteiger partial charge in [-0.15, -0.1) is 0 Å². The Morgan fingerprint density at radius 1 is 1.21 bits per heavy atom. The third-order valence-corrected chi connectivity index (χ3v) is 8.16. The first-order chi connectivity index (χ1) is 15.8. The Bertz CT molecular complexity index is 1150. The summed E-state index contributed by atoms with van der Waals surface area (Å²) in [5, 5.41) is 33.6. The molecule has 8 atom stereocenters. The SMILES string of the molecule is CCN(C)C1C(=O)C(C(N)=O)C(=O)C2(O)C(=O)C3C(=O)c4c(O)ccc(Cl)c4C(C)C3C(O)C12. The number of aliphatic hydroxyl groups excluding tert-OH is 1. The molecule has 182 valence electrons. The topological polar surface area (TPSA) is 175 Å². The summed E-state index contributed by atoms with van der Waals surface area (Å²) in [5.41, 5.74) is 2.29. The summed E-state index contributed by atoms with van der Waals surface area (Å²) in [6.07, 6.45) is -1.68. The van der Waals surface area contributed by atoms with E-state index in [1.165, 1.54) is 24.1 Å². The van der Waals surface area contributed by atoms with Crippen LogP contribution in [0.4, 0.5) is 0 Å². The van der Waals surface area contributed by atoms with Crippen LogP contribution in [0, 0.1) is 23.7 Å². The molecule has 2 fully saturated rings. The number of aromatic hydroxyl groups is 1. The molecule has 5 N–H and O–H groups in total. The average molecular weight is 493 g/mol. The molecule has 4 rings (SSSR count). The summed E-state index contributed by atoms with van der Waals surface area (Å²) in [4.78, 5) is 67.2. The normalized spacial score (nSPS) is 37.3. The molecule has 10 nitrogen and oxygen atoms in total. The highest BCUT2D eigenvalue weighted by Crippen LogP contribution is 2.55. The molecule has 0 aliphatic heterocycles. The van der Waals surface area contributed by atoms with E-state index >= 15 is 0 Å². The molecule has 1 aromatic carbocycles. The Morgan fingerprint density at radius 2 is 1.82 bits per heavy atom. The van der Waals surface area contributed by atoms with Gasteiger partial charge in [0, 0.05) is 10.9 Å². The molecule has 0 saturated heterocycles. The maximum absolute atomic E-state index is 13.8. The van der Waals surface area contributed by atoms with Gasteiger partial charge in [-0.25, -0.2) is 0 Å². The second-order valence-electron chi connectivity index (χ2n) is 9.33. The van der Waals surface area contributed by atoms with Gasteiger partial charge >= 0.3 is 0 Å². The molecule has 0 heterocycles. The quantitative estimate of drug-likeness (QED) is 0.403. The van der Waals surface area contributed by atoms with Crippen LogP contribution in [-0.4, -0.2) is 80.6 Å². The fourth-order valence-electron chi connectivity index (χ4n) is 6.13. The molecular weight excluding hydrogens is 468 g/mol. The molecular formula is C23H25ClN2O8. The Hall–Kier alpha value is -2.66. The molecule has 0 radical (unpaired) electrons. The van der Waals surface area contributed by atoms with E-state index in [1.807, 2.05) is 0 Å². The van der Waals surface area contributed by atoms with Crippen LogP contribution in [0.25, 0.3) is 0 Å². The largest absolute Gasteiger partial charge is 0.507 e. The van der Waals surface area contributed by atoms with Crippen molar-refractivity contribution in [1.29, 1.82) is 0 Å². The predicted molar refractivity (Wildman–Crippen MR) is 117 cm³/mol. The molecule has 0 spiro atoms. The number of primary amides is 1. The van der Waals surface area contributed by atoms with Crippen LogP contribution >= 0.6 is 11.6 Å². The van der Waals surface area contributed by atoms with E-state index in [9.17, 15) is 39.3 Å². The fourth-order valence-corrected chi connectivity index (χ4v) is 6.46. The van der Waals surface area contributed by atoms with E-state index in [0.717, 1.165) is 0 Å². The lowest BCUT2D eigenvalue weighted by Crippen LogP contribution is -2.78. The summed E-state index contributed by atoms with van der Waals surface area (Å²) in [6.45, 7) is 3.49. The smallest absolute Gasteiger partial charge is 0.235 e. The number of halogens is 1. The number of nitrogens with two attached hydrogens (primary N) is 1. The van der Waals surface area contributed by atoms with Gasteiger partial charge in [-0.05, 0) is 37.2 Å². The van der Waals surface area contributed by atoms with Crippen molar-refractivity contribution in [2.75, 3.05) is 13.6 Å². The van der Waals surface area contributed by atoms with Gasteiger partial charge in [-0.2, -0.15) is 0 Å². The summed E-state index contributed by atoms with van der Waals surface area (Å²) < 4.78 is 0. The summed E-state index contributed by atoms with van der Waals surface area (Å²) in [5.74, 6) is -13.6. The van der Waals surface area contributed by atoms with E-state index in [1.54, 1.807) is 13.8 Å². The van der Waals surface area contributed by atoms with Gasteiger partial charge in [-0.3, -0.25) is 28.9 Å². The molecule has 0 bridgehead atoms. The summed E-state index contributed by atoms with van der Waals surface area (Å²) >= 11 is 6.31. The van der Waals surface area contributed by atoms with Crippen LogP contribution in [0.2, 0.25) is 5.02 Å². The molecule has 3 aliphatic rings. The number of phenols is 1. The maximum atomic E-state index is 13.8. The third kappa shape index (κ3) is 2.89. The Kier molecular flexibility index (Phi) is 5.72. The Labute approximate surface area is 199 Å². The fraction of sp³-hybridized carbons (Fsp3) is 0.522. The van der Waals surface area contributed by atoms with Crippen molar-refractivity contribution < 1.29 is 39.3 Å². The molecule has 0 aromatic heterocycles. The van der Waals surface area contributed by atoms with Gasteiger partial charge in [-0.1, -0.05) is 25.4 Å². The van der Waals surface area contributed by atoms with Gasteiger partial charge in [0.2, 0.25) is 5.91 Å². The number of hydrogen-bond acceptors (Lipinski definition) is 9. The monoisotopic (exact) mass is 492 g/mol. The first-order valence-electron chi connectivity index (χ1n) is 10.9. The number of hydrogen-bond donors (Lipinski definition) is 4. The van der Waals surface area contributed by atoms with Crippen molar-refractivity contribution in [1.82, 2.24) is 4.90 Å². The molecule has 3 aliphatic carbocycles. The molecule has 34 heavy (non-hydrogen) atoms. The lowest BCUT2D eigenvalue weighted by Gasteiger charge is -2.56. The molecule has 2 saturated carbocycles. The molecule has 1 amide bonds. The third-order valence-electron chi connectivity index (χ3n) is 7.83. The van der Waals surface area contributed by atoms with Gasteiger partial charge < -0.3 is 21.1 Å². The van der Waals surface area contributed by atoms with Crippen LogP contribution in [0.5, 0.6) is 5.75 Å².